The van der Waals surface area contributed by atoms with Crippen LogP contribution in [0.1, 0.15) is 42.4 Å². The van der Waals surface area contributed by atoms with Crippen LogP contribution >= 0.6 is 11.3 Å². The Morgan fingerprint density at radius 1 is 1.24 bits per heavy atom. The lowest BCUT2D eigenvalue weighted by Crippen LogP contribution is -2.61. The minimum absolute atomic E-state index is 0.222. The van der Waals surface area contributed by atoms with Gasteiger partial charge in [-0.2, -0.15) is 0 Å². The van der Waals surface area contributed by atoms with Crippen molar-refractivity contribution in [3.05, 3.63) is 21.9 Å². The predicted molar refractivity (Wildman–Crippen MR) is 89.0 cm³/mol. The third kappa shape index (κ3) is 3.19. The lowest BCUT2D eigenvalue weighted by Gasteiger charge is -2.47. The van der Waals surface area contributed by atoms with Gasteiger partial charge in [0.25, 0.3) is 0 Å². The van der Waals surface area contributed by atoms with E-state index in [2.05, 4.69) is 24.0 Å². The number of aryl methyl sites for hydroxylation is 1. The van der Waals surface area contributed by atoms with Crippen LogP contribution in [-0.2, 0) is 17.6 Å². The molecule has 2 fully saturated rings. The second-order valence-corrected chi connectivity index (χ2v) is 7.70. The standard InChI is InChI=1S/C17H28N2OS/c1-2-14-5-6-15(21-14)13-16(18)17(7-3-4-8-17)19-9-11-20-12-10-19/h5-6,16H,2-4,7-13,18H2,1H3. The molecule has 1 aliphatic heterocycles. The Kier molecular flexibility index (Phi) is 4.99. The molecule has 2 N–H and O–H groups in total. The van der Waals surface area contributed by atoms with Crippen molar-refractivity contribution >= 4 is 11.3 Å². The van der Waals surface area contributed by atoms with E-state index in [4.69, 9.17) is 10.5 Å². The number of ether oxygens (including phenoxy) is 1. The van der Waals surface area contributed by atoms with Crippen LogP contribution in [0.5, 0.6) is 0 Å². The van der Waals surface area contributed by atoms with E-state index >= 15 is 0 Å². The van der Waals surface area contributed by atoms with Crippen LogP contribution in [0.15, 0.2) is 12.1 Å². The van der Waals surface area contributed by atoms with Gasteiger partial charge in [0.1, 0.15) is 0 Å². The third-order valence-electron chi connectivity index (χ3n) is 5.29. The molecule has 1 saturated heterocycles. The number of nitrogens with two attached hydrogens (primary N) is 1. The van der Waals surface area contributed by atoms with Gasteiger partial charge in [-0.3, -0.25) is 4.90 Å². The molecule has 0 aromatic carbocycles. The molecule has 21 heavy (non-hydrogen) atoms. The van der Waals surface area contributed by atoms with Gasteiger partial charge in [-0.1, -0.05) is 19.8 Å². The highest BCUT2D eigenvalue weighted by atomic mass is 32.1. The Hall–Kier alpha value is -0.420. The van der Waals surface area contributed by atoms with Crippen molar-refractivity contribution in [2.24, 2.45) is 5.73 Å². The van der Waals surface area contributed by atoms with E-state index in [-0.39, 0.29) is 11.6 Å². The van der Waals surface area contributed by atoms with Gasteiger partial charge in [0.15, 0.2) is 0 Å². The predicted octanol–water partition coefficient (Wildman–Crippen LogP) is 2.83. The SMILES string of the molecule is CCc1ccc(CC(N)C2(N3CCOCC3)CCCC2)s1. The Bertz CT molecular complexity index is 447. The van der Waals surface area contributed by atoms with E-state index in [9.17, 15) is 0 Å². The molecule has 0 radical (unpaired) electrons. The first-order valence-electron chi connectivity index (χ1n) is 8.40. The van der Waals surface area contributed by atoms with E-state index in [1.54, 1.807) is 0 Å². The first kappa shape index (κ1) is 15.5. The van der Waals surface area contributed by atoms with E-state index in [0.29, 0.717) is 0 Å². The van der Waals surface area contributed by atoms with Crippen molar-refractivity contribution in [2.75, 3.05) is 26.3 Å². The zero-order valence-corrected chi connectivity index (χ0v) is 14.0. The Morgan fingerprint density at radius 2 is 1.90 bits per heavy atom. The highest BCUT2D eigenvalue weighted by Crippen LogP contribution is 2.39. The van der Waals surface area contributed by atoms with Gasteiger partial charge < -0.3 is 10.5 Å². The van der Waals surface area contributed by atoms with E-state index in [1.807, 2.05) is 11.3 Å². The molecule has 0 spiro atoms. The van der Waals surface area contributed by atoms with Crippen LogP contribution in [0.25, 0.3) is 0 Å². The van der Waals surface area contributed by atoms with E-state index in [1.165, 1.54) is 35.4 Å². The lowest BCUT2D eigenvalue weighted by atomic mass is 9.84. The van der Waals surface area contributed by atoms with E-state index in [0.717, 1.165) is 39.1 Å². The summed E-state index contributed by atoms with van der Waals surface area (Å²) in [6.45, 7) is 6.07. The first-order valence-corrected chi connectivity index (χ1v) is 9.22. The molecule has 1 aromatic rings. The molecule has 0 bridgehead atoms. The molecule has 1 aromatic heterocycles. The summed E-state index contributed by atoms with van der Waals surface area (Å²) in [6.07, 6.45) is 7.35. The maximum Gasteiger partial charge on any atom is 0.0594 e. The minimum atomic E-state index is 0.222. The van der Waals surface area contributed by atoms with Gasteiger partial charge in [-0.05, 0) is 37.8 Å². The van der Waals surface area contributed by atoms with Crippen molar-refractivity contribution in [2.45, 2.75) is 57.0 Å². The Balaban J connectivity index is 1.73. The van der Waals surface area contributed by atoms with Gasteiger partial charge >= 0.3 is 0 Å². The average molecular weight is 308 g/mol. The van der Waals surface area contributed by atoms with Gasteiger partial charge in [-0.15, -0.1) is 11.3 Å². The van der Waals surface area contributed by atoms with Crippen LogP contribution in [0.4, 0.5) is 0 Å². The largest absolute Gasteiger partial charge is 0.379 e. The van der Waals surface area contributed by atoms with Crippen molar-refractivity contribution in [3.8, 4) is 0 Å². The van der Waals surface area contributed by atoms with Crippen LogP contribution in [-0.4, -0.2) is 42.8 Å². The Morgan fingerprint density at radius 3 is 2.52 bits per heavy atom. The summed E-state index contributed by atoms with van der Waals surface area (Å²) in [5.41, 5.74) is 6.97. The van der Waals surface area contributed by atoms with Gasteiger partial charge in [0.05, 0.1) is 13.2 Å². The smallest absolute Gasteiger partial charge is 0.0594 e. The number of rotatable bonds is 5. The fourth-order valence-corrected chi connectivity index (χ4v) is 5.06. The highest BCUT2D eigenvalue weighted by Gasteiger charge is 2.44. The topological polar surface area (TPSA) is 38.5 Å². The lowest BCUT2D eigenvalue weighted by molar-refractivity contribution is -0.0305. The molecule has 0 amide bonds. The zero-order valence-electron chi connectivity index (χ0n) is 13.1. The van der Waals surface area contributed by atoms with Crippen LogP contribution in [0, 0.1) is 0 Å². The Labute approximate surface area is 132 Å². The maximum absolute atomic E-state index is 6.75. The van der Waals surface area contributed by atoms with Gasteiger partial charge in [0.2, 0.25) is 0 Å². The molecule has 1 saturated carbocycles. The van der Waals surface area contributed by atoms with Crippen molar-refractivity contribution in [3.63, 3.8) is 0 Å². The molecular weight excluding hydrogens is 280 g/mol. The van der Waals surface area contributed by atoms with Gasteiger partial charge in [-0.25, -0.2) is 0 Å². The molecule has 118 valence electrons. The van der Waals surface area contributed by atoms with Crippen LogP contribution in [0.2, 0.25) is 0 Å². The van der Waals surface area contributed by atoms with Crippen molar-refractivity contribution < 1.29 is 4.74 Å². The number of morpholine rings is 1. The molecular formula is C17H28N2OS. The molecule has 3 rings (SSSR count). The maximum atomic E-state index is 6.75. The summed E-state index contributed by atoms with van der Waals surface area (Å²) in [7, 11) is 0. The minimum Gasteiger partial charge on any atom is -0.379 e. The molecule has 2 aliphatic rings. The summed E-state index contributed by atoms with van der Waals surface area (Å²) in [4.78, 5) is 5.57. The van der Waals surface area contributed by atoms with Crippen molar-refractivity contribution in [1.82, 2.24) is 4.90 Å². The van der Waals surface area contributed by atoms with E-state index < -0.39 is 0 Å². The summed E-state index contributed by atoms with van der Waals surface area (Å²) < 4.78 is 5.54. The summed E-state index contributed by atoms with van der Waals surface area (Å²) in [5.74, 6) is 0. The summed E-state index contributed by atoms with van der Waals surface area (Å²) in [5, 5.41) is 0. The molecule has 3 nitrogen and oxygen atoms in total. The fourth-order valence-electron chi connectivity index (χ4n) is 4.05. The number of hydrogen-bond donors (Lipinski definition) is 1. The number of hydrogen-bond acceptors (Lipinski definition) is 4. The second-order valence-electron chi connectivity index (χ2n) is 6.44. The fraction of sp³-hybridized carbons (Fsp3) is 0.765. The highest BCUT2D eigenvalue weighted by molar-refractivity contribution is 7.11. The number of nitrogens with zero attached hydrogens (tertiary/aromatic N) is 1. The molecule has 1 unspecified atom stereocenters. The first-order chi connectivity index (χ1) is 10.2. The second kappa shape index (κ2) is 6.78. The molecule has 4 heteroatoms. The molecule has 1 atom stereocenters. The average Bonchev–Trinajstić information content (AvgIpc) is 3.18. The quantitative estimate of drug-likeness (QED) is 0.909. The summed E-state index contributed by atoms with van der Waals surface area (Å²) in [6, 6.07) is 4.80. The van der Waals surface area contributed by atoms with Crippen LogP contribution in [0.3, 0.4) is 0 Å². The molecule has 1 aliphatic carbocycles. The number of thiophene rings is 1. The summed E-state index contributed by atoms with van der Waals surface area (Å²) >= 11 is 1.94. The van der Waals surface area contributed by atoms with Crippen molar-refractivity contribution in [1.29, 1.82) is 0 Å². The zero-order chi connectivity index (χ0) is 14.7. The van der Waals surface area contributed by atoms with Crippen LogP contribution < -0.4 is 5.73 Å². The monoisotopic (exact) mass is 308 g/mol. The normalized spacial score (nSPS) is 24.3. The van der Waals surface area contributed by atoms with Gasteiger partial charge in [0, 0.05) is 34.4 Å². The third-order valence-corrected chi connectivity index (χ3v) is 6.54. The molecule has 2 heterocycles.